The van der Waals surface area contributed by atoms with Gasteiger partial charge in [0.1, 0.15) is 22.7 Å². The minimum absolute atomic E-state index is 0.0436. The number of nitrogens with zero attached hydrogens (tertiary/aromatic N) is 5. The third kappa shape index (κ3) is 3.84. The number of benzene rings is 1. The molecule has 0 fully saturated rings. The van der Waals surface area contributed by atoms with Crippen LogP contribution in [0, 0.1) is 0 Å². The van der Waals surface area contributed by atoms with Crippen LogP contribution >= 0.6 is 0 Å². The van der Waals surface area contributed by atoms with Gasteiger partial charge in [-0.05, 0) is 43.0 Å². The zero-order valence-corrected chi connectivity index (χ0v) is 20.2. The molecule has 0 bridgehead atoms. The molecule has 1 aromatic carbocycles. The Bertz CT molecular complexity index is 1480. The molecule has 1 aliphatic heterocycles. The summed E-state index contributed by atoms with van der Waals surface area (Å²) in [6, 6.07) is 11.1. The van der Waals surface area contributed by atoms with Crippen LogP contribution in [-0.4, -0.2) is 41.7 Å². The minimum Gasteiger partial charge on any atom is -0.481 e. The minimum atomic E-state index is -1.09. The summed E-state index contributed by atoms with van der Waals surface area (Å²) in [4.78, 5) is 37.9. The number of hydrogen-bond donors (Lipinski definition) is 3. The van der Waals surface area contributed by atoms with Crippen LogP contribution in [0.5, 0.6) is 0 Å². The Labute approximate surface area is 207 Å². The largest absolute Gasteiger partial charge is 0.481 e. The Kier molecular flexibility index (Phi) is 5.87. The zero-order valence-electron chi connectivity index (χ0n) is 20.2. The molecule has 0 radical (unpaired) electrons. The summed E-state index contributed by atoms with van der Waals surface area (Å²) in [6.07, 6.45) is 4.17. The molecule has 4 heterocycles. The van der Waals surface area contributed by atoms with Gasteiger partial charge in [-0.25, -0.2) is 19.6 Å². The molecule has 4 N–H and O–H groups in total. The highest BCUT2D eigenvalue weighted by atomic mass is 16.4. The number of nitrogens with one attached hydrogen (secondary N) is 1. The standard InChI is InChI=1S/C26H27N7O3/c1-3-4-14-33-24-17(6-5-13-28-24)20(32-33)23-29-21(27)19-22(30-23)31-25(36)26(19,2)16-10-7-15(8-11-16)9-12-18(34)35/h5-8,10-11,13H,3-4,9,12,14H2,1-2H3,(H,34,35)(H3,27,29,30,31,36)/t26-/m0/s1. The lowest BCUT2D eigenvalue weighted by Crippen LogP contribution is -2.33. The van der Waals surface area contributed by atoms with E-state index < -0.39 is 11.4 Å². The van der Waals surface area contributed by atoms with Crippen LogP contribution in [0.2, 0.25) is 0 Å². The van der Waals surface area contributed by atoms with Gasteiger partial charge in [0.15, 0.2) is 11.5 Å². The number of fused-ring (bicyclic) bond motifs is 2. The van der Waals surface area contributed by atoms with Gasteiger partial charge in [0.2, 0.25) is 5.91 Å². The van der Waals surface area contributed by atoms with E-state index in [-0.39, 0.29) is 18.1 Å². The predicted octanol–water partition coefficient (Wildman–Crippen LogP) is 3.55. The molecule has 36 heavy (non-hydrogen) atoms. The number of rotatable bonds is 8. The van der Waals surface area contributed by atoms with Gasteiger partial charge in [0.05, 0.1) is 10.9 Å². The number of aryl methyl sites for hydroxylation is 2. The number of unbranched alkanes of at least 4 members (excludes halogenated alkanes) is 1. The van der Waals surface area contributed by atoms with E-state index in [1.807, 2.05) is 41.1 Å². The highest BCUT2D eigenvalue weighted by molar-refractivity contribution is 6.09. The van der Waals surface area contributed by atoms with Gasteiger partial charge in [-0.15, -0.1) is 0 Å². The molecular weight excluding hydrogens is 458 g/mol. The molecule has 10 nitrogen and oxygen atoms in total. The molecule has 1 atom stereocenters. The average Bonchev–Trinajstić information content (AvgIpc) is 3.37. The topological polar surface area (TPSA) is 149 Å². The van der Waals surface area contributed by atoms with Gasteiger partial charge in [0.25, 0.3) is 0 Å². The summed E-state index contributed by atoms with van der Waals surface area (Å²) in [5, 5.41) is 17.4. The van der Waals surface area contributed by atoms with Crippen molar-refractivity contribution in [1.29, 1.82) is 0 Å². The number of hydrogen-bond acceptors (Lipinski definition) is 7. The number of carbonyl (C=O) groups is 2. The summed E-state index contributed by atoms with van der Waals surface area (Å²) in [5.41, 5.74) is 8.81. The molecule has 1 aliphatic rings. The lowest BCUT2D eigenvalue weighted by molar-refractivity contribution is -0.137. The monoisotopic (exact) mass is 485 g/mol. The van der Waals surface area contributed by atoms with Crippen LogP contribution in [0.15, 0.2) is 42.6 Å². The lowest BCUT2D eigenvalue weighted by Gasteiger charge is -2.23. The molecular formula is C26H27N7O3. The molecule has 5 rings (SSSR count). The van der Waals surface area contributed by atoms with Gasteiger partial charge in [-0.2, -0.15) is 5.10 Å². The summed E-state index contributed by atoms with van der Waals surface area (Å²) < 4.78 is 1.86. The van der Waals surface area contributed by atoms with Gasteiger partial charge in [0, 0.05) is 19.2 Å². The van der Waals surface area contributed by atoms with Crippen molar-refractivity contribution in [2.45, 2.75) is 51.5 Å². The van der Waals surface area contributed by atoms with Crippen molar-refractivity contribution >= 4 is 34.5 Å². The quantitative estimate of drug-likeness (QED) is 0.343. The number of pyridine rings is 1. The Morgan fingerprint density at radius 2 is 1.97 bits per heavy atom. The molecule has 3 aromatic heterocycles. The van der Waals surface area contributed by atoms with Crippen molar-refractivity contribution in [3.63, 3.8) is 0 Å². The molecule has 0 saturated heterocycles. The first-order chi connectivity index (χ1) is 17.3. The fourth-order valence-corrected chi connectivity index (χ4v) is 4.68. The van der Waals surface area contributed by atoms with Crippen molar-refractivity contribution in [1.82, 2.24) is 24.7 Å². The maximum Gasteiger partial charge on any atom is 0.303 e. The van der Waals surface area contributed by atoms with Gasteiger partial charge >= 0.3 is 5.97 Å². The second-order valence-corrected chi connectivity index (χ2v) is 9.13. The molecule has 184 valence electrons. The third-order valence-electron chi connectivity index (χ3n) is 6.72. The number of nitrogen functional groups attached to an aromatic ring is 1. The van der Waals surface area contributed by atoms with Crippen LogP contribution in [0.3, 0.4) is 0 Å². The van der Waals surface area contributed by atoms with Gasteiger partial charge < -0.3 is 16.2 Å². The third-order valence-corrected chi connectivity index (χ3v) is 6.72. The summed E-state index contributed by atoms with van der Waals surface area (Å²) in [7, 11) is 0. The molecule has 1 amide bonds. The molecule has 0 saturated carbocycles. The fraction of sp³-hybridized carbons (Fsp3) is 0.308. The van der Waals surface area contributed by atoms with Crippen LogP contribution < -0.4 is 11.1 Å². The van der Waals surface area contributed by atoms with Crippen LogP contribution in [-0.2, 0) is 28.0 Å². The number of nitrogens with two attached hydrogens (primary N) is 1. The second kappa shape index (κ2) is 9.03. The first-order valence-corrected chi connectivity index (χ1v) is 12.0. The Balaban J connectivity index is 1.55. The first-order valence-electron chi connectivity index (χ1n) is 12.0. The Morgan fingerprint density at radius 3 is 2.69 bits per heavy atom. The van der Waals surface area contributed by atoms with Crippen molar-refractivity contribution in [3.05, 3.63) is 59.3 Å². The number of carboxylic acids is 1. The van der Waals surface area contributed by atoms with Crippen LogP contribution in [0.25, 0.3) is 22.6 Å². The summed E-state index contributed by atoms with van der Waals surface area (Å²) >= 11 is 0. The Hall–Kier alpha value is -4.34. The van der Waals surface area contributed by atoms with E-state index in [2.05, 4.69) is 27.2 Å². The average molecular weight is 486 g/mol. The normalized spacial score (nSPS) is 16.8. The van der Waals surface area contributed by atoms with E-state index in [0.29, 0.717) is 29.3 Å². The zero-order chi connectivity index (χ0) is 25.4. The molecule has 4 aromatic rings. The number of carbonyl (C=O) groups excluding carboxylic acids is 1. The molecule has 10 heteroatoms. The maximum atomic E-state index is 13.2. The van der Waals surface area contributed by atoms with E-state index in [1.165, 1.54) is 0 Å². The number of anilines is 2. The van der Waals surface area contributed by atoms with E-state index in [9.17, 15) is 9.59 Å². The smallest absolute Gasteiger partial charge is 0.303 e. The number of carboxylic acid groups (broad SMARTS) is 1. The van der Waals surface area contributed by atoms with Crippen molar-refractivity contribution in [2.24, 2.45) is 0 Å². The number of aliphatic carboxylic acids is 1. The predicted molar refractivity (Wildman–Crippen MR) is 135 cm³/mol. The SMILES string of the molecule is CCCCn1nc(-c2nc(N)c3c(n2)NC(=O)[C@@]3(C)c2ccc(CCC(=O)O)cc2)c2cccnc21. The maximum absolute atomic E-state index is 13.2. The molecule has 0 unspecified atom stereocenters. The van der Waals surface area contributed by atoms with Crippen molar-refractivity contribution in [2.75, 3.05) is 11.1 Å². The highest BCUT2D eigenvalue weighted by Gasteiger charge is 2.47. The number of amides is 1. The number of aromatic nitrogens is 5. The van der Waals surface area contributed by atoms with Crippen molar-refractivity contribution < 1.29 is 14.7 Å². The fourth-order valence-electron chi connectivity index (χ4n) is 4.68. The molecule has 0 aliphatic carbocycles. The van der Waals surface area contributed by atoms with Crippen molar-refractivity contribution in [3.8, 4) is 11.5 Å². The lowest BCUT2D eigenvalue weighted by atomic mass is 9.77. The highest BCUT2D eigenvalue weighted by Crippen LogP contribution is 2.45. The summed E-state index contributed by atoms with van der Waals surface area (Å²) in [6.45, 7) is 4.63. The van der Waals surface area contributed by atoms with E-state index in [4.69, 9.17) is 15.9 Å². The van der Waals surface area contributed by atoms with E-state index in [0.717, 1.165) is 41.5 Å². The van der Waals surface area contributed by atoms with Gasteiger partial charge in [-0.1, -0.05) is 37.6 Å². The van der Waals surface area contributed by atoms with E-state index >= 15 is 0 Å². The Morgan fingerprint density at radius 1 is 1.19 bits per heavy atom. The second-order valence-electron chi connectivity index (χ2n) is 9.13. The van der Waals surface area contributed by atoms with Gasteiger partial charge in [-0.3, -0.25) is 9.59 Å². The molecule has 0 spiro atoms. The van der Waals surface area contributed by atoms with E-state index in [1.54, 1.807) is 13.1 Å². The van der Waals surface area contributed by atoms with Crippen LogP contribution in [0.1, 0.15) is 49.8 Å². The first kappa shape index (κ1) is 23.4. The summed E-state index contributed by atoms with van der Waals surface area (Å²) in [5.74, 6) is -0.220. The van der Waals surface area contributed by atoms with Crippen LogP contribution in [0.4, 0.5) is 11.6 Å².